The molecule has 0 saturated heterocycles. The number of primary amides is 1. The van der Waals surface area contributed by atoms with E-state index in [4.69, 9.17) is 10.5 Å². The molecule has 22 heavy (non-hydrogen) atoms. The zero-order valence-electron chi connectivity index (χ0n) is 11.5. The molecule has 0 radical (unpaired) electrons. The Bertz CT molecular complexity index is 633. The van der Waals surface area contributed by atoms with Gasteiger partial charge in [0, 0.05) is 15.9 Å². The average Bonchev–Trinajstić information content (AvgIpc) is 2.55. The maximum atomic E-state index is 11.0. The lowest BCUT2D eigenvalue weighted by Gasteiger charge is -2.07. The van der Waals surface area contributed by atoms with Gasteiger partial charge < -0.3 is 10.5 Å². The highest BCUT2D eigenvalue weighted by Crippen LogP contribution is 2.29. The number of ether oxygens (including phenoxy) is 1. The van der Waals surface area contributed by atoms with Gasteiger partial charge in [-0.3, -0.25) is 14.3 Å². The summed E-state index contributed by atoms with van der Waals surface area (Å²) in [6.45, 7) is 0.511. The quantitative estimate of drug-likeness (QED) is 0.482. The maximum absolute atomic E-state index is 11.0. The smallest absolute Gasteiger partial charge is 0.319 e. The van der Waals surface area contributed by atoms with Gasteiger partial charge in [-0.1, -0.05) is 30.3 Å². The third kappa shape index (κ3) is 5.34. The first-order chi connectivity index (χ1) is 10.6. The summed E-state index contributed by atoms with van der Waals surface area (Å²) in [7, 11) is 2.35. The van der Waals surface area contributed by atoms with E-state index < -0.39 is 11.8 Å². The van der Waals surface area contributed by atoms with Crippen LogP contribution in [0.2, 0.25) is 0 Å². The van der Waals surface area contributed by atoms with Crippen LogP contribution in [-0.2, 0) is 16.2 Å². The van der Waals surface area contributed by atoms with Gasteiger partial charge in [0.15, 0.2) is 0 Å². The van der Waals surface area contributed by atoms with Crippen LogP contribution in [0.1, 0.15) is 5.56 Å². The zero-order chi connectivity index (χ0) is 15.8. The molecule has 0 atom stereocenters. The number of hydrogen-bond acceptors (Lipinski definition) is 5. The Morgan fingerprint density at radius 3 is 2.36 bits per heavy atom. The molecular formula is C15H14N2O3S2. The molecule has 0 spiro atoms. The molecule has 2 aromatic rings. The molecule has 5 nitrogen and oxygen atoms in total. The molecule has 2 aromatic carbocycles. The Morgan fingerprint density at radius 1 is 1.05 bits per heavy atom. The highest BCUT2D eigenvalue weighted by atomic mass is 33.1. The van der Waals surface area contributed by atoms with Crippen molar-refractivity contribution in [2.24, 2.45) is 5.73 Å². The molecule has 2 rings (SSSR count). The fraction of sp³-hybridized carbons (Fsp3) is 0.0667. The second kappa shape index (κ2) is 8.35. The Kier molecular flexibility index (Phi) is 6.17. The second-order valence-corrected chi connectivity index (χ2v) is 6.22. The van der Waals surface area contributed by atoms with E-state index in [0.717, 1.165) is 27.2 Å². The van der Waals surface area contributed by atoms with Crippen molar-refractivity contribution in [3.05, 3.63) is 60.2 Å². The fourth-order valence-corrected chi connectivity index (χ4v) is 3.02. The average molecular weight is 334 g/mol. The van der Waals surface area contributed by atoms with Gasteiger partial charge in [0.25, 0.3) is 0 Å². The van der Waals surface area contributed by atoms with Crippen molar-refractivity contribution in [2.45, 2.75) is 11.5 Å². The van der Waals surface area contributed by atoms with Gasteiger partial charge in [0.05, 0.1) is 0 Å². The molecule has 0 aromatic heterocycles. The van der Waals surface area contributed by atoms with E-state index in [1.165, 1.54) is 10.8 Å². The minimum absolute atomic E-state index is 0.511. The molecule has 0 heterocycles. The number of carbonyl (C=O) groups excluding carboxylic acids is 2. The predicted molar refractivity (Wildman–Crippen MR) is 88.0 cm³/mol. The Labute approximate surface area is 136 Å². The maximum Gasteiger partial charge on any atom is 0.319 e. The molecule has 2 amide bonds. The summed E-state index contributed by atoms with van der Waals surface area (Å²) < 4.78 is 8.00. The van der Waals surface area contributed by atoms with E-state index in [2.05, 4.69) is 4.72 Å². The molecule has 0 aliphatic heterocycles. The Hall–Kier alpha value is -2.12. The van der Waals surface area contributed by atoms with E-state index in [0.29, 0.717) is 6.61 Å². The SMILES string of the molecule is NC(=O)C(=O)NSSc1ccc(OCc2ccccc2)cc1. The van der Waals surface area contributed by atoms with Crippen molar-refractivity contribution in [2.75, 3.05) is 0 Å². The first kappa shape index (κ1) is 16.3. The summed E-state index contributed by atoms with van der Waals surface area (Å²) >= 11 is 0. The molecule has 0 aliphatic rings. The second-order valence-electron chi connectivity index (χ2n) is 4.21. The van der Waals surface area contributed by atoms with Crippen LogP contribution in [0.5, 0.6) is 5.75 Å². The largest absolute Gasteiger partial charge is 0.489 e. The van der Waals surface area contributed by atoms with E-state index in [1.54, 1.807) is 0 Å². The molecule has 0 bridgehead atoms. The summed E-state index contributed by atoms with van der Waals surface area (Å²) in [4.78, 5) is 22.4. The summed E-state index contributed by atoms with van der Waals surface area (Å²) in [5.41, 5.74) is 5.93. The molecule has 0 fully saturated rings. The van der Waals surface area contributed by atoms with E-state index >= 15 is 0 Å². The van der Waals surface area contributed by atoms with Crippen LogP contribution in [0.3, 0.4) is 0 Å². The third-order valence-electron chi connectivity index (χ3n) is 2.57. The summed E-state index contributed by atoms with van der Waals surface area (Å²) in [6, 6.07) is 17.3. The number of carbonyl (C=O) groups is 2. The number of rotatable bonds is 6. The van der Waals surface area contributed by atoms with Crippen molar-refractivity contribution in [1.29, 1.82) is 0 Å². The van der Waals surface area contributed by atoms with Crippen molar-refractivity contribution < 1.29 is 14.3 Å². The van der Waals surface area contributed by atoms with Gasteiger partial charge in [0.1, 0.15) is 12.4 Å². The third-order valence-corrected chi connectivity index (χ3v) is 4.46. The van der Waals surface area contributed by atoms with E-state index in [-0.39, 0.29) is 0 Å². The topological polar surface area (TPSA) is 81.4 Å². The summed E-state index contributed by atoms with van der Waals surface area (Å²) in [5, 5.41) is 0. The lowest BCUT2D eigenvalue weighted by Crippen LogP contribution is -2.31. The van der Waals surface area contributed by atoms with Crippen LogP contribution in [0.4, 0.5) is 0 Å². The first-order valence-electron chi connectivity index (χ1n) is 6.35. The Balaban J connectivity index is 1.78. The van der Waals surface area contributed by atoms with Crippen molar-refractivity contribution >= 4 is 33.6 Å². The van der Waals surface area contributed by atoms with Gasteiger partial charge in [-0.2, -0.15) is 0 Å². The van der Waals surface area contributed by atoms with E-state index in [9.17, 15) is 9.59 Å². The number of nitrogens with one attached hydrogen (secondary N) is 1. The number of nitrogens with two attached hydrogens (primary N) is 1. The van der Waals surface area contributed by atoms with Crippen LogP contribution in [0.25, 0.3) is 0 Å². The van der Waals surface area contributed by atoms with E-state index in [1.807, 2.05) is 54.6 Å². The molecule has 0 aliphatic carbocycles. The molecule has 0 saturated carbocycles. The van der Waals surface area contributed by atoms with Gasteiger partial charge in [-0.05, 0) is 40.6 Å². The van der Waals surface area contributed by atoms with Crippen molar-refractivity contribution in [1.82, 2.24) is 4.72 Å². The van der Waals surface area contributed by atoms with Crippen molar-refractivity contribution in [3.63, 3.8) is 0 Å². The van der Waals surface area contributed by atoms with Crippen LogP contribution < -0.4 is 15.2 Å². The lowest BCUT2D eigenvalue weighted by atomic mass is 10.2. The molecule has 3 N–H and O–H groups in total. The van der Waals surface area contributed by atoms with Crippen molar-refractivity contribution in [3.8, 4) is 5.75 Å². The zero-order valence-corrected chi connectivity index (χ0v) is 13.2. The number of benzene rings is 2. The van der Waals surface area contributed by atoms with Crippen LogP contribution in [0.15, 0.2) is 59.5 Å². The minimum Gasteiger partial charge on any atom is -0.489 e. The standard InChI is InChI=1S/C15H14N2O3S2/c16-14(18)15(19)17-22-21-13-8-6-12(7-9-13)20-10-11-4-2-1-3-5-11/h1-9H,10H2,(H2,16,18)(H,17,19). The first-order valence-corrected chi connectivity index (χ1v) is 8.50. The summed E-state index contributed by atoms with van der Waals surface area (Å²) in [5.74, 6) is -1.06. The van der Waals surface area contributed by atoms with Gasteiger partial charge >= 0.3 is 11.8 Å². The lowest BCUT2D eigenvalue weighted by molar-refractivity contribution is -0.136. The predicted octanol–water partition coefficient (Wildman–Crippen LogP) is 2.52. The number of amides is 2. The molecule has 7 heteroatoms. The van der Waals surface area contributed by atoms with Gasteiger partial charge in [-0.15, -0.1) is 0 Å². The number of hydrogen-bond donors (Lipinski definition) is 2. The highest BCUT2D eigenvalue weighted by Gasteiger charge is 2.08. The molecule has 0 unspecified atom stereocenters. The normalized spacial score (nSPS) is 10.0. The molecular weight excluding hydrogens is 320 g/mol. The molecule has 114 valence electrons. The van der Waals surface area contributed by atoms with Crippen LogP contribution in [0, 0.1) is 0 Å². The monoisotopic (exact) mass is 334 g/mol. The van der Waals surface area contributed by atoms with Crippen LogP contribution >= 0.6 is 21.8 Å². The fourth-order valence-electron chi connectivity index (χ4n) is 1.49. The van der Waals surface area contributed by atoms with Gasteiger partial charge in [0.2, 0.25) is 0 Å². The Morgan fingerprint density at radius 2 is 1.73 bits per heavy atom. The van der Waals surface area contributed by atoms with Gasteiger partial charge in [-0.25, -0.2) is 0 Å². The highest BCUT2D eigenvalue weighted by molar-refractivity contribution is 8.76. The van der Waals surface area contributed by atoms with Crippen LogP contribution in [-0.4, -0.2) is 11.8 Å². The minimum atomic E-state index is -1.00. The summed E-state index contributed by atoms with van der Waals surface area (Å²) in [6.07, 6.45) is 0.